The second-order valence-corrected chi connectivity index (χ2v) is 7.78. The Balaban J connectivity index is 1.63. The van der Waals surface area contributed by atoms with E-state index in [1.807, 2.05) is 30.0 Å². The van der Waals surface area contributed by atoms with E-state index in [0.717, 1.165) is 41.9 Å². The standard InChI is InChI=1S/C16H21BrN2OS/c17-15-4-2-1-3-12(15)10-19(14-5-6-14)16(20)9-13-11-21-8-7-18-13/h1-4,13-14,18H,5-11H2. The number of benzene rings is 1. The van der Waals surface area contributed by atoms with Gasteiger partial charge in [0.15, 0.2) is 0 Å². The summed E-state index contributed by atoms with van der Waals surface area (Å²) in [5.74, 6) is 2.51. The van der Waals surface area contributed by atoms with Crippen LogP contribution >= 0.6 is 27.7 Å². The van der Waals surface area contributed by atoms with Crippen molar-refractivity contribution in [1.29, 1.82) is 0 Å². The van der Waals surface area contributed by atoms with E-state index in [1.54, 1.807) is 0 Å². The first-order chi connectivity index (χ1) is 10.2. The van der Waals surface area contributed by atoms with Gasteiger partial charge in [-0.15, -0.1) is 0 Å². The minimum Gasteiger partial charge on any atom is -0.335 e. The third-order valence-corrected chi connectivity index (χ3v) is 5.93. The zero-order valence-corrected chi connectivity index (χ0v) is 14.5. The molecular weight excluding hydrogens is 348 g/mol. The molecule has 0 bridgehead atoms. The molecule has 1 saturated heterocycles. The summed E-state index contributed by atoms with van der Waals surface area (Å²) < 4.78 is 1.09. The summed E-state index contributed by atoms with van der Waals surface area (Å²) in [6.07, 6.45) is 2.94. The Morgan fingerprint density at radius 3 is 2.86 bits per heavy atom. The molecule has 1 amide bonds. The van der Waals surface area contributed by atoms with Crippen molar-refractivity contribution in [2.75, 3.05) is 18.1 Å². The molecule has 0 radical (unpaired) electrons. The molecule has 1 aliphatic heterocycles. The number of hydrogen-bond donors (Lipinski definition) is 1. The van der Waals surface area contributed by atoms with Gasteiger partial charge in [-0.1, -0.05) is 34.1 Å². The molecule has 2 fully saturated rings. The van der Waals surface area contributed by atoms with Crippen LogP contribution in [0.15, 0.2) is 28.7 Å². The summed E-state index contributed by atoms with van der Waals surface area (Å²) in [7, 11) is 0. The summed E-state index contributed by atoms with van der Waals surface area (Å²) in [6.45, 7) is 1.75. The van der Waals surface area contributed by atoms with Crippen molar-refractivity contribution in [1.82, 2.24) is 10.2 Å². The normalized spacial score (nSPS) is 22.0. The number of thioether (sulfide) groups is 1. The van der Waals surface area contributed by atoms with E-state index in [0.29, 0.717) is 24.4 Å². The molecule has 5 heteroatoms. The molecular formula is C16H21BrN2OS. The fourth-order valence-corrected chi connectivity index (χ4v) is 4.06. The molecule has 3 rings (SSSR count). The summed E-state index contributed by atoms with van der Waals surface area (Å²) in [5.41, 5.74) is 1.20. The number of carbonyl (C=O) groups is 1. The maximum atomic E-state index is 12.7. The smallest absolute Gasteiger partial charge is 0.224 e. The zero-order chi connectivity index (χ0) is 14.7. The lowest BCUT2D eigenvalue weighted by Gasteiger charge is -2.28. The fourth-order valence-electron chi connectivity index (χ4n) is 2.70. The molecule has 1 N–H and O–H groups in total. The van der Waals surface area contributed by atoms with Gasteiger partial charge in [-0.2, -0.15) is 11.8 Å². The van der Waals surface area contributed by atoms with E-state index < -0.39 is 0 Å². The first kappa shape index (κ1) is 15.4. The summed E-state index contributed by atoms with van der Waals surface area (Å²) in [5, 5.41) is 3.46. The number of nitrogens with one attached hydrogen (secondary N) is 1. The molecule has 1 aromatic carbocycles. The fraction of sp³-hybridized carbons (Fsp3) is 0.562. The topological polar surface area (TPSA) is 32.3 Å². The van der Waals surface area contributed by atoms with Gasteiger partial charge in [0.25, 0.3) is 0 Å². The largest absolute Gasteiger partial charge is 0.335 e. The SMILES string of the molecule is O=C(CC1CSCCN1)N(Cc1ccccc1Br)C1CC1. The molecule has 1 heterocycles. The summed E-state index contributed by atoms with van der Waals surface area (Å²) in [6, 6.07) is 9.00. The van der Waals surface area contributed by atoms with Gasteiger partial charge in [-0.05, 0) is 24.5 Å². The Kier molecular flexibility index (Phi) is 5.24. The molecule has 1 unspecified atom stereocenters. The summed E-state index contributed by atoms with van der Waals surface area (Å²) >= 11 is 5.53. The zero-order valence-electron chi connectivity index (χ0n) is 12.1. The van der Waals surface area contributed by atoms with Crippen LogP contribution in [0.2, 0.25) is 0 Å². The van der Waals surface area contributed by atoms with Crippen LogP contribution in [-0.2, 0) is 11.3 Å². The van der Waals surface area contributed by atoms with Gasteiger partial charge in [0, 0.05) is 47.6 Å². The molecule has 1 atom stereocenters. The van der Waals surface area contributed by atoms with Crippen molar-refractivity contribution in [2.24, 2.45) is 0 Å². The van der Waals surface area contributed by atoms with E-state index in [9.17, 15) is 4.79 Å². The number of hydrogen-bond acceptors (Lipinski definition) is 3. The van der Waals surface area contributed by atoms with Crippen molar-refractivity contribution >= 4 is 33.6 Å². The molecule has 0 spiro atoms. The van der Waals surface area contributed by atoms with Gasteiger partial charge in [-0.3, -0.25) is 4.79 Å². The van der Waals surface area contributed by atoms with Crippen LogP contribution in [0.1, 0.15) is 24.8 Å². The summed E-state index contributed by atoms with van der Waals surface area (Å²) in [4.78, 5) is 14.8. The Morgan fingerprint density at radius 2 is 2.19 bits per heavy atom. The highest BCUT2D eigenvalue weighted by Gasteiger charge is 2.33. The van der Waals surface area contributed by atoms with Gasteiger partial charge < -0.3 is 10.2 Å². The monoisotopic (exact) mass is 368 g/mol. The number of halogens is 1. The molecule has 21 heavy (non-hydrogen) atoms. The van der Waals surface area contributed by atoms with Crippen molar-refractivity contribution in [2.45, 2.75) is 37.9 Å². The molecule has 1 aliphatic carbocycles. The van der Waals surface area contributed by atoms with Gasteiger partial charge in [0.2, 0.25) is 5.91 Å². The number of carbonyl (C=O) groups excluding carboxylic acids is 1. The van der Waals surface area contributed by atoms with Crippen LogP contribution < -0.4 is 5.32 Å². The van der Waals surface area contributed by atoms with Crippen LogP contribution in [0.4, 0.5) is 0 Å². The number of rotatable bonds is 5. The minimum atomic E-state index is 0.299. The van der Waals surface area contributed by atoms with E-state index in [4.69, 9.17) is 0 Å². The van der Waals surface area contributed by atoms with E-state index in [1.165, 1.54) is 5.56 Å². The first-order valence-corrected chi connectivity index (χ1v) is 9.53. The lowest BCUT2D eigenvalue weighted by Crippen LogP contribution is -2.43. The average Bonchev–Trinajstić information content (AvgIpc) is 3.32. The minimum absolute atomic E-state index is 0.299. The van der Waals surface area contributed by atoms with Gasteiger partial charge in [0.05, 0.1) is 0 Å². The van der Waals surface area contributed by atoms with Crippen LogP contribution in [0.3, 0.4) is 0 Å². The number of amides is 1. The molecule has 1 saturated carbocycles. The Labute approximate surface area is 139 Å². The van der Waals surface area contributed by atoms with Crippen molar-refractivity contribution in [3.05, 3.63) is 34.3 Å². The van der Waals surface area contributed by atoms with Gasteiger partial charge >= 0.3 is 0 Å². The third-order valence-electron chi connectivity index (χ3n) is 4.03. The first-order valence-electron chi connectivity index (χ1n) is 7.58. The predicted molar refractivity (Wildman–Crippen MR) is 91.4 cm³/mol. The maximum Gasteiger partial charge on any atom is 0.224 e. The molecule has 3 nitrogen and oxygen atoms in total. The lowest BCUT2D eigenvalue weighted by atomic mass is 10.1. The highest BCUT2D eigenvalue weighted by Crippen LogP contribution is 2.30. The Bertz CT molecular complexity index is 501. The van der Waals surface area contributed by atoms with Crippen molar-refractivity contribution < 1.29 is 4.79 Å². The second-order valence-electron chi connectivity index (χ2n) is 5.77. The van der Waals surface area contributed by atoms with Gasteiger partial charge in [-0.25, -0.2) is 0 Å². The maximum absolute atomic E-state index is 12.7. The molecule has 0 aromatic heterocycles. The highest BCUT2D eigenvalue weighted by molar-refractivity contribution is 9.10. The molecule has 2 aliphatic rings. The highest BCUT2D eigenvalue weighted by atomic mass is 79.9. The quantitative estimate of drug-likeness (QED) is 0.866. The van der Waals surface area contributed by atoms with Crippen LogP contribution in [0.5, 0.6) is 0 Å². The molecule has 114 valence electrons. The van der Waals surface area contributed by atoms with Crippen LogP contribution in [-0.4, -0.2) is 40.9 Å². The van der Waals surface area contributed by atoms with E-state index >= 15 is 0 Å². The molecule has 1 aromatic rings. The second kappa shape index (κ2) is 7.16. The average molecular weight is 369 g/mol. The number of nitrogens with zero attached hydrogens (tertiary/aromatic N) is 1. The Hall–Kier alpha value is -0.520. The van der Waals surface area contributed by atoms with Gasteiger partial charge in [0.1, 0.15) is 0 Å². The van der Waals surface area contributed by atoms with Crippen LogP contribution in [0.25, 0.3) is 0 Å². The van der Waals surface area contributed by atoms with E-state index in [-0.39, 0.29) is 0 Å². The Morgan fingerprint density at radius 1 is 1.38 bits per heavy atom. The van der Waals surface area contributed by atoms with Crippen LogP contribution in [0, 0.1) is 0 Å². The van der Waals surface area contributed by atoms with Crippen molar-refractivity contribution in [3.63, 3.8) is 0 Å². The predicted octanol–water partition coefficient (Wildman–Crippen LogP) is 3.04. The third kappa shape index (κ3) is 4.24. The van der Waals surface area contributed by atoms with E-state index in [2.05, 4.69) is 32.2 Å². The lowest BCUT2D eigenvalue weighted by molar-refractivity contribution is -0.132. The van der Waals surface area contributed by atoms with Crippen molar-refractivity contribution in [3.8, 4) is 0 Å².